The molecule has 1 atom stereocenters. The van der Waals surface area contributed by atoms with E-state index in [0.29, 0.717) is 13.1 Å². The molecule has 3 aromatic rings. The molecule has 0 aliphatic heterocycles. The maximum absolute atomic E-state index is 14.1. The van der Waals surface area contributed by atoms with Gasteiger partial charge in [-0.25, -0.2) is 4.79 Å². The fraction of sp³-hybridized carbons (Fsp3) is 0.455. The van der Waals surface area contributed by atoms with Crippen molar-refractivity contribution in [1.82, 2.24) is 14.4 Å². The zero-order valence-electron chi connectivity index (χ0n) is 24.3. The molecule has 4 rings (SSSR count). The lowest BCUT2D eigenvalue weighted by Crippen LogP contribution is -2.50. The highest BCUT2D eigenvalue weighted by Gasteiger charge is 2.30. The Morgan fingerprint density at radius 2 is 1.70 bits per heavy atom. The van der Waals surface area contributed by atoms with Crippen LogP contribution >= 0.6 is 11.6 Å². The average Bonchev–Trinajstić information content (AvgIpc) is 3.40. The zero-order chi connectivity index (χ0) is 28.6. The summed E-state index contributed by atoms with van der Waals surface area (Å²) in [6.45, 7) is 9.24. The average molecular weight is 563 g/mol. The van der Waals surface area contributed by atoms with Crippen LogP contribution in [0, 0.1) is 13.8 Å². The van der Waals surface area contributed by atoms with Crippen molar-refractivity contribution < 1.29 is 9.59 Å². The van der Waals surface area contributed by atoms with Gasteiger partial charge in [-0.1, -0.05) is 74.2 Å². The summed E-state index contributed by atoms with van der Waals surface area (Å²) in [6, 6.07) is 17.8. The first-order chi connectivity index (χ1) is 19.3. The molecule has 7 heteroatoms. The number of hydrogen-bond donors (Lipinski definition) is 1. The van der Waals surface area contributed by atoms with Gasteiger partial charge in [0.25, 0.3) is 0 Å². The Bertz CT molecular complexity index is 1280. The van der Waals surface area contributed by atoms with Gasteiger partial charge in [-0.3, -0.25) is 4.79 Å². The molecule has 1 N–H and O–H groups in total. The maximum atomic E-state index is 14.1. The van der Waals surface area contributed by atoms with Gasteiger partial charge in [0.2, 0.25) is 5.91 Å². The third kappa shape index (κ3) is 7.28. The van der Waals surface area contributed by atoms with Gasteiger partial charge in [0.05, 0.1) is 6.54 Å². The summed E-state index contributed by atoms with van der Waals surface area (Å²) in [7, 11) is 0. The molecule has 6 nitrogen and oxygen atoms in total. The standard InChI is InChI=1S/C33H43ClN4O2/c1-5-26(4)37(33(40)35-32-24(2)13-11-14-25(32)3)23-31(39)38(28-16-7-6-8-17-28)22-29-18-12-20-36(29)21-27-15-9-10-19-30(27)34/h9-15,18-20,26,28H,5-8,16-17,21-23H2,1-4H3,(H,35,40)/t26-/m0/s1. The Morgan fingerprint density at radius 3 is 2.38 bits per heavy atom. The second-order valence-corrected chi connectivity index (χ2v) is 11.5. The second kappa shape index (κ2) is 13.9. The number of para-hydroxylation sites is 1. The molecular weight excluding hydrogens is 520 g/mol. The van der Waals surface area contributed by atoms with E-state index in [-0.39, 0.29) is 30.6 Å². The third-order valence-electron chi connectivity index (χ3n) is 8.29. The number of urea groups is 1. The molecule has 0 bridgehead atoms. The number of amides is 3. The molecule has 2 aromatic carbocycles. The molecule has 3 amide bonds. The monoisotopic (exact) mass is 562 g/mol. The number of carbonyl (C=O) groups excluding carboxylic acids is 2. The van der Waals surface area contributed by atoms with Crippen molar-refractivity contribution in [3.8, 4) is 0 Å². The Kier molecular flexibility index (Phi) is 10.3. The van der Waals surface area contributed by atoms with E-state index in [4.69, 9.17) is 11.6 Å². The van der Waals surface area contributed by atoms with Gasteiger partial charge >= 0.3 is 6.03 Å². The number of hydrogen-bond acceptors (Lipinski definition) is 2. The molecule has 1 aliphatic carbocycles. The number of anilines is 1. The fourth-order valence-corrected chi connectivity index (χ4v) is 5.82. The maximum Gasteiger partial charge on any atom is 0.322 e. The number of halogens is 1. The highest BCUT2D eigenvalue weighted by atomic mass is 35.5. The summed E-state index contributed by atoms with van der Waals surface area (Å²) in [6.07, 6.45) is 8.25. The summed E-state index contributed by atoms with van der Waals surface area (Å²) < 4.78 is 2.17. The van der Waals surface area contributed by atoms with E-state index in [2.05, 4.69) is 22.9 Å². The number of carbonyl (C=O) groups is 2. The van der Waals surface area contributed by atoms with Gasteiger partial charge in [-0.2, -0.15) is 0 Å². The smallest absolute Gasteiger partial charge is 0.322 e. The van der Waals surface area contributed by atoms with Crippen LogP contribution in [0.3, 0.4) is 0 Å². The molecule has 214 valence electrons. The summed E-state index contributed by atoms with van der Waals surface area (Å²) in [5.41, 5.74) is 4.94. The first kappa shape index (κ1) is 29.7. The molecular formula is C33H43ClN4O2. The number of aromatic nitrogens is 1. The van der Waals surface area contributed by atoms with Gasteiger partial charge in [0.1, 0.15) is 6.54 Å². The van der Waals surface area contributed by atoms with Gasteiger partial charge in [-0.15, -0.1) is 0 Å². The number of nitrogens with one attached hydrogen (secondary N) is 1. The normalized spacial score (nSPS) is 14.5. The van der Waals surface area contributed by atoms with Crippen molar-refractivity contribution in [2.75, 3.05) is 11.9 Å². The van der Waals surface area contributed by atoms with Crippen LogP contribution in [0.5, 0.6) is 0 Å². The fourth-order valence-electron chi connectivity index (χ4n) is 5.62. The minimum absolute atomic E-state index is 0.00523. The van der Waals surface area contributed by atoms with Gasteiger partial charge in [0, 0.05) is 41.2 Å². The van der Waals surface area contributed by atoms with Gasteiger partial charge in [0.15, 0.2) is 0 Å². The Labute approximate surface area is 244 Å². The van der Waals surface area contributed by atoms with Crippen LogP contribution in [0.15, 0.2) is 60.8 Å². The zero-order valence-corrected chi connectivity index (χ0v) is 25.1. The van der Waals surface area contributed by atoms with Crippen molar-refractivity contribution in [1.29, 1.82) is 0 Å². The highest BCUT2D eigenvalue weighted by molar-refractivity contribution is 6.31. The number of nitrogens with zero attached hydrogens (tertiary/aromatic N) is 3. The predicted molar refractivity (Wildman–Crippen MR) is 164 cm³/mol. The molecule has 1 aromatic heterocycles. The first-order valence-electron chi connectivity index (χ1n) is 14.6. The van der Waals surface area contributed by atoms with E-state index in [9.17, 15) is 9.59 Å². The lowest BCUT2D eigenvalue weighted by Gasteiger charge is -2.37. The van der Waals surface area contributed by atoms with Crippen LogP contribution in [0.4, 0.5) is 10.5 Å². The van der Waals surface area contributed by atoms with E-state index in [0.717, 1.165) is 65.2 Å². The second-order valence-electron chi connectivity index (χ2n) is 11.1. The number of benzene rings is 2. The van der Waals surface area contributed by atoms with Crippen molar-refractivity contribution >= 4 is 29.2 Å². The molecule has 0 spiro atoms. The van der Waals surface area contributed by atoms with E-state index >= 15 is 0 Å². The van der Waals surface area contributed by atoms with E-state index in [1.165, 1.54) is 6.42 Å². The summed E-state index contributed by atoms with van der Waals surface area (Å²) >= 11 is 6.46. The first-order valence-corrected chi connectivity index (χ1v) is 15.0. The van der Waals surface area contributed by atoms with Gasteiger partial charge < -0.3 is 19.7 Å². The molecule has 1 saturated carbocycles. The van der Waals surface area contributed by atoms with E-state index < -0.39 is 0 Å². The molecule has 1 aliphatic rings. The van der Waals surface area contributed by atoms with Crippen LogP contribution in [-0.4, -0.2) is 44.9 Å². The van der Waals surface area contributed by atoms with Crippen LogP contribution in [-0.2, 0) is 17.9 Å². The molecule has 0 unspecified atom stereocenters. The molecule has 0 saturated heterocycles. The van der Waals surface area contributed by atoms with Crippen LogP contribution in [0.1, 0.15) is 74.8 Å². The lowest BCUT2D eigenvalue weighted by molar-refractivity contribution is -0.136. The van der Waals surface area contributed by atoms with Crippen molar-refractivity contribution in [2.24, 2.45) is 0 Å². The largest absolute Gasteiger partial charge is 0.345 e. The quantitative estimate of drug-likeness (QED) is 0.274. The van der Waals surface area contributed by atoms with E-state index in [1.54, 1.807) is 4.90 Å². The summed E-state index contributed by atoms with van der Waals surface area (Å²) in [5, 5.41) is 3.84. The predicted octanol–water partition coefficient (Wildman–Crippen LogP) is 7.80. The minimum Gasteiger partial charge on any atom is -0.345 e. The summed E-state index contributed by atoms with van der Waals surface area (Å²) in [5.74, 6) is -0.00523. The van der Waals surface area contributed by atoms with Crippen LogP contribution in [0.25, 0.3) is 0 Å². The van der Waals surface area contributed by atoms with Crippen molar-refractivity contribution in [3.05, 3.63) is 88.2 Å². The van der Waals surface area contributed by atoms with Crippen LogP contribution < -0.4 is 5.32 Å². The van der Waals surface area contributed by atoms with Crippen molar-refractivity contribution in [3.63, 3.8) is 0 Å². The molecule has 1 heterocycles. The third-order valence-corrected chi connectivity index (χ3v) is 8.66. The lowest BCUT2D eigenvalue weighted by atomic mass is 9.94. The Balaban J connectivity index is 1.56. The topological polar surface area (TPSA) is 57.6 Å². The SMILES string of the molecule is CC[C@H](C)N(CC(=O)N(Cc1cccn1Cc1ccccc1Cl)C1CCCCC1)C(=O)Nc1c(C)cccc1C. The molecule has 0 radical (unpaired) electrons. The summed E-state index contributed by atoms with van der Waals surface area (Å²) in [4.78, 5) is 31.4. The number of rotatable bonds is 10. The minimum atomic E-state index is -0.231. The number of aryl methyl sites for hydroxylation is 2. The van der Waals surface area contributed by atoms with Gasteiger partial charge in [-0.05, 0) is 74.9 Å². The van der Waals surface area contributed by atoms with Crippen LogP contribution in [0.2, 0.25) is 5.02 Å². The van der Waals surface area contributed by atoms with Crippen molar-refractivity contribution in [2.45, 2.75) is 91.4 Å². The Morgan fingerprint density at radius 1 is 1.00 bits per heavy atom. The molecule has 40 heavy (non-hydrogen) atoms. The molecule has 1 fully saturated rings. The highest BCUT2D eigenvalue weighted by Crippen LogP contribution is 2.26. The van der Waals surface area contributed by atoms with E-state index in [1.807, 2.05) is 80.4 Å². The Hall–Kier alpha value is -3.25.